The Balaban J connectivity index is 0.000000684. The van der Waals surface area contributed by atoms with Gasteiger partial charge in [0.25, 0.3) is 0 Å². The maximum absolute atomic E-state index is 11.8. The number of hydrogen-bond acceptors (Lipinski definition) is 2. The van der Waals surface area contributed by atoms with E-state index in [1.165, 1.54) is 12.2 Å². The molecular weight excluding hydrogens is 328 g/mol. The zero-order valence-electron chi connectivity index (χ0n) is 13.5. The number of rotatable bonds is 6. The van der Waals surface area contributed by atoms with Crippen molar-refractivity contribution in [3.05, 3.63) is 84.0 Å². The molecule has 0 aliphatic rings. The molecular formula is C20H22FeO2-6. The second-order valence-corrected chi connectivity index (χ2v) is 4.67. The van der Waals surface area contributed by atoms with Crippen LogP contribution in [0.2, 0.25) is 0 Å². The van der Waals surface area contributed by atoms with Crippen molar-refractivity contribution >= 4 is 11.6 Å². The van der Waals surface area contributed by atoms with Crippen molar-refractivity contribution in [2.24, 2.45) is 0 Å². The van der Waals surface area contributed by atoms with Crippen molar-refractivity contribution in [1.82, 2.24) is 0 Å². The Kier molecular flexibility index (Phi) is 11.5. The van der Waals surface area contributed by atoms with Crippen LogP contribution in [0, 0.1) is 0 Å². The first-order valence-electron chi connectivity index (χ1n) is 7.54. The Bertz CT molecular complexity index is 558. The first-order valence-corrected chi connectivity index (χ1v) is 7.54. The smallest absolute Gasteiger partial charge is 0.121 e. The molecule has 3 heteroatoms. The summed E-state index contributed by atoms with van der Waals surface area (Å²) in [7, 11) is 0. The average Bonchev–Trinajstić information content (AvgIpc) is 3.23. The van der Waals surface area contributed by atoms with E-state index in [0.29, 0.717) is 11.1 Å². The molecule has 0 N–H and O–H groups in total. The van der Waals surface area contributed by atoms with Crippen LogP contribution in [0.1, 0.15) is 47.4 Å². The van der Waals surface area contributed by atoms with Gasteiger partial charge in [-0.05, 0) is 18.4 Å². The molecule has 0 unspecified atom stereocenters. The van der Waals surface area contributed by atoms with Crippen molar-refractivity contribution in [3.8, 4) is 0 Å². The zero-order chi connectivity index (χ0) is 16.2. The van der Waals surface area contributed by atoms with Crippen LogP contribution in [-0.2, 0) is 17.1 Å². The van der Waals surface area contributed by atoms with E-state index in [1.54, 1.807) is 30.4 Å². The molecule has 2 rings (SSSR count). The van der Waals surface area contributed by atoms with Gasteiger partial charge in [-0.1, -0.05) is 37.6 Å². The van der Waals surface area contributed by atoms with Gasteiger partial charge in [0.1, 0.15) is 11.6 Å². The van der Waals surface area contributed by atoms with E-state index < -0.39 is 0 Å². The van der Waals surface area contributed by atoms with Gasteiger partial charge in [0.15, 0.2) is 0 Å². The van der Waals surface area contributed by atoms with E-state index in [2.05, 4.69) is 0 Å². The molecule has 0 atom stereocenters. The third-order valence-electron chi connectivity index (χ3n) is 2.91. The van der Waals surface area contributed by atoms with Crippen LogP contribution in [0.3, 0.4) is 0 Å². The fourth-order valence-corrected chi connectivity index (χ4v) is 1.80. The first kappa shape index (κ1) is 21.0. The molecule has 23 heavy (non-hydrogen) atoms. The van der Waals surface area contributed by atoms with E-state index in [1.807, 2.05) is 44.2 Å². The van der Waals surface area contributed by atoms with Crippen molar-refractivity contribution in [2.75, 3.05) is 0 Å². The van der Waals surface area contributed by atoms with E-state index in [-0.39, 0.29) is 28.6 Å². The molecule has 128 valence electrons. The van der Waals surface area contributed by atoms with Crippen molar-refractivity contribution in [1.29, 1.82) is 0 Å². The van der Waals surface area contributed by atoms with Crippen LogP contribution >= 0.6 is 0 Å². The van der Waals surface area contributed by atoms with E-state index in [9.17, 15) is 9.59 Å². The van der Waals surface area contributed by atoms with Gasteiger partial charge in [-0.25, -0.2) is 0 Å². The van der Waals surface area contributed by atoms with Crippen molar-refractivity contribution in [2.45, 2.75) is 26.7 Å². The van der Waals surface area contributed by atoms with Crippen LogP contribution in [0.4, 0.5) is 0 Å². The Hall–Kier alpha value is -1.96. The maximum Gasteiger partial charge on any atom is 0.121 e. The summed E-state index contributed by atoms with van der Waals surface area (Å²) in [5.74, 6) is -0.213. The summed E-state index contributed by atoms with van der Waals surface area (Å²) in [6.45, 7) is 3.93. The average molecular weight is 350 g/mol. The number of ketones is 2. The molecule has 0 bridgehead atoms. The minimum Gasteiger partial charge on any atom is -0.748 e. The monoisotopic (exact) mass is 350 g/mol. The van der Waals surface area contributed by atoms with Crippen LogP contribution < -0.4 is 0 Å². The summed E-state index contributed by atoms with van der Waals surface area (Å²) >= 11 is 0. The topological polar surface area (TPSA) is 34.1 Å². The molecule has 0 aliphatic carbocycles. The normalized spacial score (nSPS) is 10.2. The van der Waals surface area contributed by atoms with Gasteiger partial charge >= 0.3 is 0 Å². The van der Waals surface area contributed by atoms with Gasteiger partial charge in [0.2, 0.25) is 0 Å². The number of carbonyl (C=O) groups excluding carboxylic acids is 2. The largest absolute Gasteiger partial charge is 0.748 e. The van der Waals surface area contributed by atoms with Crippen LogP contribution in [0.15, 0.2) is 72.8 Å². The molecule has 0 fully saturated rings. The molecule has 2 nitrogen and oxygen atoms in total. The summed E-state index contributed by atoms with van der Waals surface area (Å²) in [4.78, 5) is 23.6. The van der Waals surface area contributed by atoms with Gasteiger partial charge in [-0.2, -0.15) is 6.07 Å². The maximum atomic E-state index is 11.8. The SMILES string of the molecule is CCC=CC(=O)c1ccc[c-]1C(=O)C=CCC.[Fe].[cH-]1[cH-][cH-][cH-][cH-]1. The predicted molar refractivity (Wildman–Crippen MR) is 91.6 cm³/mol. The second kappa shape index (κ2) is 12.6. The Morgan fingerprint density at radius 1 is 1.00 bits per heavy atom. The molecule has 0 spiro atoms. The third kappa shape index (κ3) is 7.73. The molecule has 0 aliphatic heterocycles. The van der Waals surface area contributed by atoms with Gasteiger partial charge < -0.3 is 39.9 Å². The summed E-state index contributed by atoms with van der Waals surface area (Å²) in [5, 5.41) is 0. The van der Waals surface area contributed by atoms with Gasteiger partial charge in [-0.3, -0.25) is 0 Å². The van der Waals surface area contributed by atoms with Gasteiger partial charge in [0.05, 0.1) is 0 Å². The van der Waals surface area contributed by atoms with Gasteiger partial charge in [-0.15, -0.1) is 18.2 Å². The first-order chi connectivity index (χ1) is 10.7. The van der Waals surface area contributed by atoms with E-state index >= 15 is 0 Å². The fourth-order valence-electron chi connectivity index (χ4n) is 1.80. The molecule has 0 radical (unpaired) electrons. The summed E-state index contributed by atoms with van der Waals surface area (Å²) in [5.41, 5.74) is 0.973. The molecule has 2 aromatic rings. The second-order valence-electron chi connectivity index (χ2n) is 4.67. The number of carbonyl (C=O) groups is 2. The van der Waals surface area contributed by atoms with Gasteiger partial charge in [0, 0.05) is 17.1 Å². The standard InChI is InChI=1S/C15H17O2.C5H5.Fe/c1-3-5-10-14(16)12-8-7-9-13(12)15(17)11-6-4-2;1-2-4-5-3-1;/h5-11H,3-4H2,1-2H3;1-5H;/q-1;-5;. The van der Waals surface area contributed by atoms with Crippen LogP contribution in [0.25, 0.3) is 0 Å². The molecule has 0 amide bonds. The summed E-state index contributed by atoms with van der Waals surface area (Å²) in [6.07, 6.45) is 8.26. The van der Waals surface area contributed by atoms with E-state index in [0.717, 1.165) is 12.8 Å². The number of hydrogen-bond donors (Lipinski definition) is 0. The Morgan fingerprint density at radius 3 is 2.04 bits per heavy atom. The predicted octanol–water partition coefficient (Wildman–Crippen LogP) is 5.11. The van der Waals surface area contributed by atoms with Crippen molar-refractivity contribution in [3.63, 3.8) is 0 Å². The molecule has 2 aromatic carbocycles. The molecule has 0 heterocycles. The zero-order valence-corrected chi connectivity index (χ0v) is 14.6. The van der Waals surface area contributed by atoms with Crippen LogP contribution in [0.5, 0.6) is 0 Å². The summed E-state index contributed by atoms with van der Waals surface area (Å²) < 4.78 is 0. The minimum absolute atomic E-state index is 0. The third-order valence-corrected chi connectivity index (χ3v) is 2.91. The summed E-state index contributed by atoms with van der Waals surface area (Å²) in [6, 6.07) is 15.1. The Morgan fingerprint density at radius 2 is 1.52 bits per heavy atom. The molecule has 0 saturated heterocycles. The Labute approximate surface area is 149 Å². The van der Waals surface area contributed by atoms with E-state index in [4.69, 9.17) is 0 Å². The minimum atomic E-state index is -0.106. The van der Waals surface area contributed by atoms with Crippen molar-refractivity contribution < 1.29 is 26.7 Å². The molecule has 0 saturated carbocycles. The quantitative estimate of drug-likeness (QED) is 0.314. The van der Waals surface area contributed by atoms with Crippen LogP contribution in [-0.4, -0.2) is 11.6 Å². The fraction of sp³-hybridized carbons (Fsp3) is 0.200. The number of allylic oxidation sites excluding steroid dienone is 4. The molecule has 0 aromatic heterocycles.